The lowest BCUT2D eigenvalue weighted by Gasteiger charge is -2.08. The molecule has 0 aliphatic rings. The predicted molar refractivity (Wildman–Crippen MR) is 86.4 cm³/mol. The molecule has 21 heavy (non-hydrogen) atoms. The fourth-order valence-electron chi connectivity index (χ4n) is 2.32. The first kappa shape index (κ1) is 14.7. The third kappa shape index (κ3) is 2.52. The first-order valence-electron chi connectivity index (χ1n) is 6.39. The normalized spacial score (nSPS) is 11.5. The van der Waals surface area contributed by atoms with Crippen LogP contribution in [0.25, 0.3) is 11.0 Å². The molecule has 3 rings (SSSR count). The fourth-order valence-corrected chi connectivity index (χ4v) is 2.84. The van der Waals surface area contributed by atoms with Gasteiger partial charge in [-0.2, -0.15) is 5.10 Å². The van der Waals surface area contributed by atoms with Crippen molar-refractivity contribution in [2.45, 2.75) is 19.3 Å². The van der Waals surface area contributed by atoms with Gasteiger partial charge in [-0.25, -0.2) is 4.98 Å². The standard InChI is InChI=1S/C14H13Cl3N4/c1-8-9(6-18-20(8)2)7-21-13-4-11(17)10(16)3-12(13)19-14(21)5-15/h3-4,6H,5,7H2,1-2H3. The maximum Gasteiger partial charge on any atom is 0.125 e. The Hall–Kier alpha value is -1.23. The van der Waals surface area contributed by atoms with Gasteiger partial charge in [0.2, 0.25) is 0 Å². The van der Waals surface area contributed by atoms with E-state index < -0.39 is 0 Å². The van der Waals surface area contributed by atoms with Crippen LogP contribution in [-0.2, 0) is 19.5 Å². The summed E-state index contributed by atoms with van der Waals surface area (Å²) in [6, 6.07) is 3.59. The number of nitrogens with zero attached hydrogens (tertiary/aromatic N) is 4. The van der Waals surface area contributed by atoms with Crippen LogP contribution in [-0.4, -0.2) is 19.3 Å². The van der Waals surface area contributed by atoms with Gasteiger partial charge in [-0.3, -0.25) is 4.68 Å². The monoisotopic (exact) mass is 342 g/mol. The Kier molecular flexibility index (Phi) is 3.86. The van der Waals surface area contributed by atoms with E-state index in [1.807, 2.05) is 30.9 Å². The Bertz CT molecular complexity index is 819. The van der Waals surface area contributed by atoms with Crippen LogP contribution in [0.3, 0.4) is 0 Å². The molecule has 7 heteroatoms. The van der Waals surface area contributed by atoms with Crippen molar-refractivity contribution in [2.24, 2.45) is 7.05 Å². The lowest BCUT2D eigenvalue weighted by atomic mass is 10.2. The fraction of sp³-hybridized carbons (Fsp3) is 0.286. The molecule has 0 spiro atoms. The number of benzene rings is 1. The van der Waals surface area contributed by atoms with Gasteiger partial charge < -0.3 is 4.57 Å². The van der Waals surface area contributed by atoms with Gasteiger partial charge in [-0.05, 0) is 19.1 Å². The molecule has 0 amide bonds. The van der Waals surface area contributed by atoms with E-state index in [1.165, 1.54) is 0 Å². The topological polar surface area (TPSA) is 35.6 Å². The van der Waals surface area contributed by atoms with E-state index >= 15 is 0 Å². The molecule has 0 atom stereocenters. The van der Waals surface area contributed by atoms with Crippen molar-refractivity contribution in [1.29, 1.82) is 0 Å². The number of rotatable bonds is 3. The third-order valence-corrected chi connectivity index (χ3v) is 4.62. The van der Waals surface area contributed by atoms with Gasteiger partial charge in [0.25, 0.3) is 0 Å². The smallest absolute Gasteiger partial charge is 0.125 e. The summed E-state index contributed by atoms with van der Waals surface area (Å²) in [5.74, 6) is 1.11. The molecule has 0 saturated carbocycles. The minimum atomic E-state index is 0.323. The first-order valence-corrected chi connectivity index (χ1v) is 7.68. The maximum atomic E-state index is 6.13. The highest BCUT2D eigenvalue weighted by molar-refractivity contribution is 6.42. The Labute approximate surface area is 137 Å². The van der Waals surface area contributed by atoms with Gasteiger partial charge in [0.1, 0.15) is 5.82 Å². The third-order valence-electron chi connectivity index (χ3n) is 3.65. The number of fused-ring (bicyclic) bond motifs is 1. The van der Waals surface area contributed by atoms with Gasteiger partial charge in [-0.15, -0.1) is 11.6 Å². The van der Waals surface area contributed by atoms with Crippen LogP contribution in [0.15, 0.2) is 18.3 Å². The van der Waals surface area contributed by atoms with Gasteiger partial charge in [0, 0.05) is 18.3 Å². The van der Waals surface area contributed by atoms with Crippen molar-refractivity contribution < 1.29 is 0 Å². The minimum Gasteiger partial charge on any atom is -0.322 e. The second-order valence-corrected chi connectivity index (χ2v) is 5.96. The quantitative estimate of drug-likeness (QED) is 0.669. The van der Waals surface area contributed by atoms with Crippen molar-refractivity contribution in [3.63, 3.8) is 0 Å². The Morgan fingerprint density at radius 2 is 1.90 bits per heavy atom. The molecule has 0 aliphatic carbocycles. The molecule has 0 bridgehead atoms. The zero-order valence-electron chi connectivity index (χ0n) is 11.6. The minimum absolute atomic E-state index is 0.323. The van der Waals surface area contributed by atoms with E-state index in [0.717, 1.165) is 28.1 Å². The molecule has 3 aromatic rings. The summed E-state index contributed by atoms with van der Waals surface area (Å²) < 4.78 is 3.90. The Balaban J connectivity index is 2.16. The molecular formula is C14H13Cl3N4. The van der Waals surface area contributed by atoms with Crippen molar-refractivity contribution in [3.05, 3.63) is 45.5 Å². The average Bonchev–Trinajstić information content (AvgIpc) is 2.95. The Morgan fingerprint density at radius 1 is 1.19 bits per heavy atom. The number of alkyl halides is 1. The van der Waals surface area contributed by atoms with E-state index in [-0.39, 0.29) is 0 Å². The van der Waals surface area contributed by atoms with Crippen molar-refractivity contribution >= 4 is 45.8 Å². The summed E-state index contributed by atoms with van der Waals surface area (Å²) in [5, 5.41) is 5.27. The van der Waals surface area contributed by atoms with E-state index in [2.05, 4.69) is 14.6 Å². The average molecular weight is 344 g/mol. The Morgan fingerprint density at radius 3 is 2.52 bits per heavy atom. The highest BCUT2D eigenvalue weighted by Crippen LogP contribution is 2.29. The largest absolute Gasteiger partial charge is 0.322 e. The SMILES string of the molecule is Cc1c(Cn2c(CCl)nc3cc(Cl)c(Cl)cc32)cnn1C. The molecule has 0 unspecified atom stereocenters. The van der Waals surface area contributed by atoms with Crippen LogP contribution in [0.2, 0.25) is 10.0 Å². The van der Waals surface area contributed by atoms with E-state index in [1.54, 1.807) is 6.07 Å². The van der Waals surface area contributed by atoms with Gasteiger partial charge >= 0.3 is 0 Å². The van der Waals surface area contributed by atoms with Gasteiger partial charge in [-0.1, -0.05) is 23.2 Å². The molecule has 2 aromatic heterocycles. The number of aromatic nitrogens is 4. The molecule has 0 N–H and O–H groups in total. The zero-order chi connectivity index (χ0) is 15.1. The highest BCUT2D eigenvalue weighted by atomic mass is 35.5. The summed E-state index contributed by atoms with van der Waals surface area (Å²) in [6.45, 7) is 2.68. The lowest BCUT2D eigenvalue weighted by Crippen LogP contribution is -2.05. The van der Waals surface area contributed by atoms with E-state index in [0.29, 0.717) is 22.5 Å². The molecule has 2 heterocycles. The van der Waals surface area contributed by atoms with Crippen molar-refractivity contribution in [2.75, 3.05) is 0 Å². The molecule has 0 fully saturated rings. The summed E-state index contributed by atoms with van der Waals surface area (Å²) in [6.07, 6.45) is 1.86. The van der Waals surface area contributed by atoms with Crippen molar-refractivity contribution in [3.8, 4) is 0 Å². The molecule has 0 saturated heterocycles. The molecule has 4 nitrogen and oxygen atoms in total. The zero-order valence-corrected chi connectivity index (χ0v) is 13.8. The molecule has 110 valence electrons. The second-order valence-electron chi connectivity index (χ2n) is 4.88. The maximum absolute atomic E-state index is 6.13. The second kappa shape index (κ2) is 5.52. The first-order chi connectivity index (χ1) is 10.0. The summed E-state index contributed by atoms with van der Waals surface area (Å²) in [7, 11) is 1.92. The van der Waals surface area contributed by atoms with Gasteiger partial charge in [0.05, 0.1) is 39.7 Å². The summed E-state index contributed by atoms with van der Waals surface area (Å²) >= 11 is 18.2. The van der Waals surface area contributed by atoms with E-state index in [9.17, 15) is 0 Å². The van der Waals surface area contributed by atoms with E-state index in [4.69, 9.17) is 34.8 Å². The summed E-state index contributed by atoms with van der Waals surface area (Å²) in [4.78, 5) is 4.53. The van der Waals surface area contributed by atoms with Crippen LogP contribution in [0.1, 0.15) is 17.1 Å². The summed E-state index contributed by atoms with van der Waals surface area (Å²) in [5.41, 5.74) is 3.94. The molecular weight excluding hydrogens is 331 g/mol. The van der Waals surface area contributed by atoms with Crippen LogP contribution in [0, 0.1) is 6.92 Å². The molecule has 0 radical (unpaired) electrons. The number of imidazole rings is 1. The highest BCUT2D eigenvalue weighted by Gasteiger charge is 2.14. The van der Waals surface area contributed by atoms with Gasteiger partial charge in [0.15, 0.2) is 0 Å². The van der Waals surface area contributed by atoms with Crippen LogP contribution < -0.4 is 0 Å². The molecule has 1 aromatic carbocycles. The predicted octanol–water partition coefficient (Wildman–Crippen LogP) is 4.17. The van der Waals surface area contributed by atoms with Crippen molar-refractivity contribution in [1.82, 2.24) is 19.3 Å². The number of halogens is 3. The number of hydrogen-bond donors (Lipinski definition) is 0. The van der Waals surface area contributed by atoms with Crippen LogP contribution in [0.4, 0.5) is 0 Å². The number of aryl methyl sites for hydroxylation is 1. The lowest BCUT2D eigenvalue weighted by molar-refractivity contribution is 0.729. The number of hydrogen-bond acceptors (Lipinski definition) is 2. The van der Waals surface area contributed by atoms with Crippen LogP contribution >= 0.6 is 34.8 Å². The molecule has 0 aliphatic heterocycles. The van der Waals surface area contributed by atoms with Crippen LogP contribution in [0.5, 0.6) is 0 Å².